The molecule has 2 rings (SSSR count). The number of rotatable bonds is 6. The molecule has 2 heteroatoms. The maximum atomic E-state index is 3.60. The summed E-state index contributed by atoms with van der Waals surface area (Å²) < 4.78 is 0. The first-order chi connectivity index (χ1) is 8.64. The molecule has 1 heterocycles. The highest BCUT2D eigenvalue weighted by Crippen LogP contribution is 2.35. The Labute approximate surface area is 114 Å². The molecule has 0 aromatic carbocycles. The van der Waals surface area contributed by atoms with Gasteiger partial charge in [-0.05, 0) is 65.6 Å². The van der Waals surface area contributed by atoms with Crippen molar-refractivity contribution in [1.29, 1.82) is 0 Å². The molecular formula is C16H32N2. The van der Waals surface area contributed by atoms with Crippen LogP contribution < -0.4 is 5.32 Å². The zero-order valence-corrected chi connectivity index (χ0v) is 12.7. The second kappa shape index (κ2) is 6.38. The molecule has 0 radical (unpaired) electrons. The van der Waals surface area contributed by atoms with Crippen LogP contribution in [0.15, 0.2) is 0 Å². The fourth-order valence-electron chi connectivity index (χ4n) is 3.53. The van der Waals surface area contributed by atoms with Crippen LogP contribution in [0.3, 0.4) is 0 Å². The molecule has 2 aliphatic rings. The first-order valence-corrected chi connectivity index (χ1v) is 8.07. The number of hydrogen-bond donors (Lipinski definition) is 1. The van der Waals surface area contributed by atoms with Crippen LogP contribution in [-0.2, 0) is 0 Å². The van der Waals surface area contributed by atoms with Crippen molar-refractivity contribution in [3.63, 3.8) is 0 Å². The van der Waals surface area contributed by atoms with Gasteiger partial charge < -0.3 is 5.32 Å². The first-order valence-electron chi connectivity index (χ1n) is 8.07. The van der Waals surface area contributed by atoms with E-state index in [2.05, 4.69) is 31.1 Å². The molecule has 1 aliphatic carbocycles. The summed E-state index contributed by atoms with van der Waals surface area (Å²) in [5, 5.41) is 3.60. The molecule has 1 N–H and O–H groups in total. The van der Waals surface area contributed by atoms with Gasteiger partial charge in [-0.3, -0.25) is 4.90 Å². The Morgan fingerprint density at radius 3 is 2.22 bits per heavy atom. The van der Waals surface area contributed by atoms with Crippen LogP contribution in [0, 0.1) is 5.92 Å². The quantitative estimate of drug-likeness (QED) is 0.779. The highest BCUT2D eigenvalue weighted by molar-refractivity contribution is 4.94. The summed E-state index contributed by atoms with van der Waals surface area (Å²) in [5.41, 5.74) is 0.313. The Bertz CT molecular complexity index is 237. The van der Waals surface area contributed by atoms with E-state index in [0.29, 0.717) is 11.6 Å². The third-order valence-corrected chi connectivity index (χ3v) is 5.18. The van der Waals surface area contributed by atoms with Crippen molar-refractivity contribution in [2.75, 3.05) is 20.1 Å². The third kappa shape index (κ3) is 3.71. The van der Waals surface area contributed by atoms with E-state index >= 15 is 0 Å². The lowest BCUT2D eigenvalue weighted by Crippen LogP contribution is -2.57. The summed E-state index contributed by atoms with van der Waals surface area (Å²) in [5.74, 6) is 1.06. The van der Waals surface area contributed by atoms with Crippen LogP contribution in [0.25, 0.3) is 0 Å². The van der Waals surface area contributed by atoms with E-state index < -0.39 is 0 Å². The van der Waals surface area contributed by atoms with Crippen LogP contribution in [0.4, 0.5) is 0 Å². The van der Waals surface area contributed by atoms with Crippen molar-refractivity contribution in [3.8, 4) is 0 Å². The van der Waals surface area contributed by atoms with E-state index in [4.69, 9.17) is 0 Å². The van der Waals surface area contributed by atoms with Gasteiger partial charge in [0, 0.05) is 11.6 Å². The van der Waals surface area contributed by atoms with Crippen molar-refractivity contribution in [2.24, 2.45) is 5.92 Å². The lowest BCUT2D eigenvalue weighted by atomic mass is 9.88. The Kier molecular flexibility index (Phi) is 5.08. The highest BCUT2D eigenvalue weighted by atomic mass is 15.2. The Hall–Kier alpha value is -0.0800. The smallest absolute Gasteiger partial charge is 0.0306 e. The first kappa shape index (κ1) is 14.3. The molecule has 1 saturated heterocycles. The Morgan fingerprint density at radius 2 is 1.72 bits per heavy atom. The van der Waals surface area contributed by atoms with Gasteiger partial charge in [-0.2, -0.15) is 0 Å². The van der Waals surface area contributed by atoms with Crippen LogP contribution in [-0.4, -0.2) is 36.6 Å². The third-order valence-electron chi connectivity index (χ3n) is 5.18. The molecular weight excluding hydrogens is 220 g/mol. The van der Waals surface area contributed by atoms with Gasteiger partial charge in [-0.1, -0.05) is 25.7 Å². The largest absolute Gasteiger partial charge is 0.315 e. The van der Waals surface area contributed by atoms with Crippen molar-refractivity contribution in [2.45, 2.75) is 76.8 Å². The monoisotopic (exact) mass is 252 g/mol. The van der Waals surface area contributed by atoms with E-state index in [1.165, 1.54) is 64.5 Å². The highest BCUT2D eigenvalue weighted by Gasteiger charge is 2.35. The minimum atomic E-state index is 0.313. The second-order valence-electron chi connectivity index (χ2n) is 6.92. The van der Waals surface area contributed by atoms with E-state index in [9.17, 15) is 0 Å². The maximum Gasteiger partial charge on any atom is 0.0306 e. The van der Waals surface area contributed by atoms with Crippen LogP contribution in [0.1, 0.15) is 65.2 Å². The molecule has 1 aliphatic heterocycles. The summed E-state index contributed by atoms with van der Waals surface area (Å²) in [6.07, 6.45) is 11.4. The summed E-state index contributed by atoms with van der Waals surface area (Å²) in [6, 6.07) is 0.649. The number of hydrogen-bond acceptors (Lipinski definition) is 2. The summed E-state index contributed by atoms with van der Waals surface area (Å²) >= 11 is 0. The molecule has 1 saturated carbocycles. The molecule has 0 spiro atoms. The maximum absolute atomic E-state index is 3.60. The number of likely N-dealkylation sites (N-methyl/N-ethyl adjacent to an activating group) is 1. The minimum Gasteiger partial charge on any atom is -0.315 e. The van der Waals surface area contributed by atoms with Crippen molar-refractivity contribution in [3.05, 3.63) is 0 Å². The zero-order valence-electron chi connectivity index (χ0n) is 12.7. The molecule has 0 bridgehead atoms. The molecule has 1 atom stereocenters. The molecule has 106 valence electrons. The predicted octanol–water partition coefficient (Wildman–Crippen LogP) is 3.42. The lowest BCUT2D eigenvalue weighted by molar-refractivity contribution is 0.0816. The summed E-state index contributed by atoms with van der Waals surface area (Å²) in [7, 11) is 2.15. The summed E-state index contributed by atoms with van der Waals surface area (Å²) in [6.45, 7) is 7.50. The number of nitrogens with one attached hydrogen (secondary N) is 1. The molecule has 2 nitrogen and oxygen atoms in total. The normalized spacial score (nSPS) is 24.8. The Balaban J connectivity index is 1.90. The van der Waals surface area contributed by atoms with E-state index in [0.717, 1.165) is 5.92 Å². The van der Waals surface area contributed by atoms with Gasteiger partial charge in [-0.25, -0.2) is 0 Å². The van der Waals surface area contributed by atoms with Crippen molar-refractivity contribution >= 4 is 0 Å². The van der Waals surface area contributed by atoms with Crippen molar-refractivity contribution < 1.29 is 0 Å². The van der Waals surface area contributed by atoms with Gasteiger partial charge in [-0.15, -0.1) is 0 Å². The van der Waals surface area contributed by atoms with E-state index in [1.807, 2.05) is 0 Å². The Morgan fingerprint density at radius 1 is 1.11 bits per heavy atom. The molecule has 2 fully saturated rings. The van der Waals surface area contributed by atoms with Crippen LogP contribution in [0.2, 0.25) is 0 Å². The van der Waals surface area contributed by atoms with Gasteiger partial charge in [0.25, 0.3) is 0 Å². The lowest BCUT2D eigenvalue weighted by Gasteiger charge is -2.44. The van der Waals surface area contributed by atoms with Gasteiger partial charge in [0.1, 0.15) is 0 Å². The summed E-state index contributed by atoms with van der Waals surface area (Å²) in [4.78, 5) is 2.74. The average molecular weight is 252 g/mol. The van der Waals surface area contributed by atoms with Crippen molar-refractivity contribution in [1.82, 2.24) is 10.2 Å². The fraction of sp³-hybridized carbons (Fsp3) is 1.00. The van der Waals surface area contributed by atoms with Crippen LogP contribution in [0.5, 0.6) is 0 Å². The van der Waals surface area contributed by atoms with E-state index in [-0.39, 0.29) is 0 Å². The molecule has 0 aromatic rings. The van der Waals surface area contributed by atoms with Gasteiger partial charge in [0.2, 0.25) is 0 Å². The van der Waals surface area contributed by atoms with Crippen LogP contribution >= 0.6 is 0 Å². The van der Waals surface area contributed by atoms with Gasteiger partial charge >= 0.3 is 0 Å². The zero-order chi connectivity index (χ0) is 13.0. The van der Waals surface area contributed by atoms with Gasteiger partial charge in [0.15, 0.2) is 0 Å². The molecule has 0 amide bonds. The number of nitrogens with zero attached hydrogens (tertiary/aromatic N) is 1. The standard InChI is InChI=1S/C16H32N2/c1-16(2,18-12-6-4-5-7-13-18)15(17-3)11-10-14-8-9-14/h14-15,17H,4-13H2,1-3H3. The second-order valence-corrected chi connectivity index (χ2v) is 6.92. The van der Waals surface area contributed by atoms with E-state index in [1.54, 1.807) is 0 Å². The van der Waals surface area contributed by atoms with Gasteiger partial charge in [0.05, 0.1) is 0 Å². The predicted molar refractivity (Wildman–Crippen MR) is 78.9 cm³/mol. The molecule has 18 heavy (non-hydrogen) atoms. The minimum absolute atomic E-state index is 0.313. The number of likely N-dealkylation sites (tertiary alicyclic amines) is 1. The molecule has 1 unspecified atom stereocenters. The SMILES string of the molecule is CNC(CCC1CC1)C(C)(C)N1CCCCCC1. The average Bonchev–Trinajstić information content (AvgIpc) is 3.16. The molecule has 0 aromatic heterocycles. The topological polar surface area (TPSA) is 15.3 Å². The fourth-order valence-corrected chi connectivity index (χ4v) is 3.53.